The molecule has 4 saturated carbocycles. The molecule has 10 atom stereocenters. The van der Waals surface area contributed by atoms with Crippen molar-refractivity contribution in [1.29, 1.82) is 0 Å². The lowest BCUT2D eigenvalue weighted by molar-refractivity contribution is -0.220. The summed E-state index contributed by atoms with van der Waals surface area (Å²) in [5.74, 6) is -0.733. The van der Waals surface area contributed by atoms with E-state index in [0.29, 0.717) is 38.0 Å². The number of methoxy groups -OCH3 is 2. The molecule has 0 radical (unpaired) electrons. The Morgan fingerprint density at radius 1 is 0.854 bits per heavy atom. The molecule has 4 fully saturated rings. The van der Waals surface area contributed by atoms with E-state index in [4.69, 9.17) is 14.2 Å². The maximum Gasteiger partial charge on any atom is 0.316 e. The highest BCUT2D eigenvalue weighted by Crippen LogP contribution is 2.75. The van der Waals surface area contributed by atoms with Crippen molar-refractivity contribution in [3.63, 3.8) is 0 Å². The van der Waals surface area contributed by atoms with Crippen LogP contribution in [0, 0.1) is 56.7 Å². The highest BCUT2D eigenvalue weighted by molar-refractivity contribution is 6.00. The number of ether oxygens (including phenoxy) is 3. The standard InChI is InChI=1S/C34H50O7/c1-19-10-15-33(28(37)39-8)16-17-34(29(38)40-9)22(26(33)20(19)2)18-23(36)27-31(6)13-12-25(41-21(3)35)30(4,5)24(31)11-14-32(27,34)7/h18-20,24-27H,10-17H2,1-9H3/t19-,20-,24-,25-,26+,27+,31+,32+,33-,34+/m0/s1. The second-order valence-corrected chi connectivity index (χ2v) is 15.3. The minimum atomic E-state index is -0.987. The Kier molecular flexibility index (Phi) is 7.14. The lowest BCUT2D eigenvalue weighted by Gasteiger charge is -2.70. The van der Waals surface area contributed by atoms with Gasteiger partial charge in [-0.3, -0.25) is 19.2 Å². The molecule has 0 heterocycles. The van der Waals surface area contributed by atoms with Gasteiger partial charge in [0, 0.05) is 24.2 Å². The van der Waals surface area contributed by atoms with Crippen molar-refractivity contribution in [2.75, 3.05) is 14.2 Å². The van der Waals surface area contributed by atoms with Gasteiger partial charge >= 0.3 is 17.9 Å². The summed E-state index contributed by atoms with van der Waals surface area (Å²) in [4.78, 5) is 54.5. The number of rotatable bonds is 3. The minimum absolute atomic E-state index is 0.0713. The minimum Gasteiger partial charge on any atom is -0.469 e. The van der Waals surface area contributed by atoms with Crippen LogP contribution in [0.1, 0.15) is 99.8 Å². The zero-order valence-corrected chi connectivity index (χ0v) is 26.6. The summed E-state index contributed by atoms with van der Waals surface area (Å²) < 4.78 is 16.9. The maximum atomic E-state index is 14.6. The quantitative estimate of drug-likeness (QED) is 0.300. The molecule has 0 aromatic heterocycles. The monoisotopic (exact) mass is 570 g/mol. The molecule has 5 aliphatic rings. The number of fused-ring (bicyclic) bond motifs is 7. The van der Waals surface area contributed by atoms with E-state index in [1.807, 2.05) is 0 Å². The van der Waals surface area contributed by atoms with Gasteiger partial charge in [-0.2, -0.15) is 0 Å². The fourth-order valence-corrected chi connectivity index (χ4v) is 11.6. The molecule has 0 aliphatic heterocycles. The van der Waals surface area contributed by atoms with Crippen LogP contribution in [-0.2, 0) is 33.4 Å². The molecule has 0 saturated heterocycles. The van der Waals surface area contributed by atoms with Crippen molar-refractivity contribution in [3.05, 3.63) is 11.6 Å². The Morgan fingerprint density at radius 3 is 2.12 bits per heavy atom. The lowest BCUT2D eigenvalue weighted by atomic mass is 9.32. The molecule has 5 aliphatic carbocycles. The number of allylic oxidation sites excluding steroid dienone is 1. The molecule has 7 nitrogen and oxygen atoms in total. The highest BCUT2D eigenvalue weighted by atomic mass is 16.5. The largest absolute Gasteiger partial charge is 0.469 e. The predicted octanol–water partition coefficient (Wildman–Crippen LogP) is 6.08. The molecule has 0 spiro atoms. The second-order valence-electron chi connectivity index (χ2n) is 15.3. The van der Waals surface area contributed by atoms with Crippen LogP contribution in [-0.4, -0.2) is 44.0 Å². The Hall–Kier alpha value is -2.18. The average Bonchev–Trinajstić information content (AvgIpc) is 2.90. The van der Waals surface area contributed by atoms with Gasteiger partial charge in [0.25, 0.3) is 0 Å². The maximum absolute atomic E-state index is 14.6. The SMILES string of the molecule is COC(=O)[C@]12CC[C@H](C)[C@H](C)[C@@H]1C1=CC(=O)[C@@H]3[C@]4(C)CC[C@H](OC(C)=O)C(C)(C)[C@@H]4CC[C@@]3(C)[C@]1(C(=O)OC)CC2. The molecule has 0 unspecified atom stereocenters. The summed E-state index contributed by atoms with van der Waals surface area (Å²) >= 11 is 0. The van der Waals surface area contributed by atoms with Gasteiger partial charge in [-0.1, -0.05) is 41.5 Å². The normalized spacial score (nSPS) is 46.5. The van der Waals surface area contributed by atoms with Gasteiger partial charge < -0.3 is 14.2 Å². The van der Waals surface area contributed by atoms with Crippen LogP contribution >= 0.6 is 0 Å². The van der Waals surface area contributed by atoms with E-state index in [2.05, 4.69) is 41.5 Å². The third-order valence-corrected chi connectivity index (χ3v) is 13.5. The van der Waals surface area contributed by atoms with Crippen molar-refractivity contribution >= 4 is 23.7 Å². The second kappa shape index (κ2) is 9.67. The fourth-order valence-electron chi connectivity index (χ4n) is 11.6. The van der Waals surface area contributed by atoms with Crippen molar-refractivity contribution in [3.8, 4) is 0 Å². The summed E-state index contributed by atoms with van der Waals surface area (Å²) in [5, 5.41) is 0. The molecule has 228 valence electrons. The zero-order chi connectivity index (χ0) is 30.3. The van der Waals surface area contributed by atoms with Crippen LogP contribution in [0.15, 0.2) is 11.6 Å². The number of ketones is 1. The van der Waals surface area contributed by atoms with Crippen molar-refractivity contribution in [2.24, 2.45) is 56.7 Å². The van der Waals surface area contributed by atoms with E-state index in [1.165, 1.54) is 21.1 Å². The Bertz CT molecular complexity index is 1190. The van der Waals surface area contributed by atoms with Crippen LogP contribution in [0.2, 0.25) is 0 Å². The van der Waals surface area contributed by atoms with E-state index in [1.54, 1.807) is 6.08 Å². The smallest absolute Gasteiger partial charge is 0.316 e. The number of hydrogen-bond acceptors (Lipinski definition) is 7. The molecule has 0 amide bonds. The number of carbonyl (C=O) groups is 4. The average molecular weight is 571 g/mol. The number of hydrogen-bond donors (Lipinski definition) is 0. The molecular weight excluding hydrogens is 520 g/mol. The molecule has 41 heavy (non-hydrogen) atoms. The molecule has 0 N–H and O–H groups in total. The third kappa shape index (κ3) is 3.75. The molecule has 0 aromatic rings. The van der Waals surface area contributed by atoms with E-state index < -0.39 is 16.2 Å². The molecule has 0 bridgehead atoms. The van der Waals surface area contributed by atoms with Gasteiger partial charge in [0.05, 0.1) is 25.0 Å². The Labute approximate surface area is 245 Å². The van der Waals surface area contributed by atoms with Crippen LogP contribution in [0.3, 0.4) is 0 Å². The molecule has 5 rings (SSSR count). The van der Waals surface area contributed by atoms with E-state index in [-0.39, 0.29) is 64.3 Å². The van der Waals surface area contributed by atoms with Crippen molar-refractivity contribution in [1.82, 2.24) is 0 Å². The Morgan fingerprint density at radius 2 is 1.51 bits per heavy atom. The Balaban J connectivity index is 1.70. The van der Waals surface area contributed by atoms with Gasteiger partial charge in [0.15, 0.2) is 5.78 Å². The van der Waals surface area contributed by atoms with Gasteiger partial charge in [-0.15, -0.1) is 0 Å². The summed E-state index contributed by atoms with van der Waals surface area (Å²) in [7, 11) is 2.91. The summed E-state index contributed by atoms with van der Waals surface area (Å²) in [6.07, 6.45) is 7.16. The topological polar surface area (TPSA) is 96.0 Å². The van der Waals surface area contributed by atoms with Crippen LogP contribution < -0.4 is 0 Å². The third-order valence-electron chi connectivity index (χ3n) is 13.5. The summed E-state index contributed by atoms with van der Waals surface area (Å²) in [6, 6.07) is 0. The van der Waals surface area contributed by atoms with Gasteiger partial charge in [-0.25, -0.2) is 0 Å². The van der Waals surface area contributed by atoms with Gasteiger partial charge in [0.2, 0.25) is 0 Å². The van der Waals surface area contributed by atoms with Crippen LogP contribution in [0.5, 0.6) is 0 Å². The molecule has 0 aromatic carbocycles. The zero-order valence-electron chi connectivity index (χ0n) is 26.6. The highest BCUT2D eigenvalue weighted by Gasteiger charge is 2.75. The van der Waals surface area contributed by atoms with Crippen LogP contribution in [0.4, 0.5) is 0 Å². The van der Waals surface area contributed by atoms with Crippen molar-refractivity contribution in [2.45, 2.75) is 106 Å². The number of carbonyl (C=O) groups excluding carboxylic acids is 4. The van der Waals surface area contributed by atoms with Crippen LogP contribution in [0.25, 0.3) is 0 Å². The first-order valence-corrected chi connectivity index (χ1v) is 15.7. The van der Waals surface area contributed by atoms with E-state index >= 15 is 0 Å². The fraction of sp³-hybridized carbons (Fsp3) is 0.824. The lowest BCUT2D eigenvalue weighted by Crippen LogP contribution is -2.70. The first kappa shape index (κ1) is 30.3. The summed E-state index contributed by atoms with van der Waals surface area (Å²) in [6.45, 7) is 14.6. The summed E-state index contributed by atoms with van der Waals surface area (Å²) in [5.41, 5.74) is -2.27. The predicted molar refractivity (Wildman–Crippen MR) is 153 cm³/mol. The van der Waals surface area contributed by atoms with Gasteiger partial charge in [-0.05, 0) is 91.6 Å². The number of esters is 3. The van der Waals surface area contributed by atoms with E-state index in [9.17, 15) is 19.2 Å². The van der Waals surface area contributed by atoms with Gasteiger partial charge in [0.1, 0.15) is 6.10 Å². The molecular formula is C34H50O7. The first-order chi connectivity index (χ1) is 19.1. The van der Waals surface area contributed by atoms with Crippen molar-refractivity contribution < 1.29 is 33.4 Å². The first-order valence-electron chi connectivity index (χ1n) is 15.7. The molecule has 7 heteroatoms. The van der Waals surface area contributed by atoms with E-state index in [0.717, 1.165) is 24.8 Å².